The standard InChI is InChI=1S/C14H14ClN3O3/c15-9-1-3-10(4-2-9)21-8-13(19)18-6-5-11-12(7-18)16-17-14(11)20/h1-4H,5-8H2,(H2,16,17,20). The molecule has 110 valence electrons. The Kier molecular flexibility index (Phi) is 3.70. The van der Waals surface area contributed by atoms with Crippen LogP contribution in [0.4, 0.5) is 0 Å². The van der Waals surface area contributed by atoms with E-state index in [9.17, 15) is 9.59 Å². The highest BCUT2D eigenvalue weighted by Crippen LogP contribution is 2.17. The average molecular weight is 308 g/mol. The summed E-state index contributed by atoms with van der Waals surface area (Å²) < 4.78 is 5.44. The second-order valence-electron chi connectivity index (χ2n) is 4.84. The van der Waals surface area contributed by atoms with E-state index in [1.165, 1.54) is 0 Å². The zero-order chi connectivity index (χ0) is 14.8. The number of aromatic amines is 2. The summed E-state index contributed by atoms with van der Waals surface area (Å²) >= 11 is 5.78. The molecule has 1 aliphatic rings. The number of hydrogen-bond donors (Lipinski definition) is 2. The zero-order valence-corrected chi connectivity index (χ0v) is 11.9. The number of rotatable bonds is 3. The molecule has 0 spiro atoms. The minimum Gasteiger partial charge on any atom is -0.484 e. The van der Waals surface area contributed by atoms with Crippen LogP contribution in [-0.2, 0) is 17.8 Å². The molecular formula is C14H14ClN3O3. The molecule has 0 fully saturated rings. The molecule has 2 N–H and O–H groups in total. The highest BCUT2D eigenvalue weighted by molar-refractivity contribution is 6.30. The number of fused-ring (bicyclic) bond motifs is 1. The third-order valence-electron chi connectivity index (χ3n) is 3.47. The molecule has 3 rings (SSSR count). The number of amides is 1. The number of halogens is 1. The van der Waals surface area contributed by atoms with Crippen molar-refractivity contribution in [2.24, 2.45) is 0 Å². The lowest BCUT2D eigenvalue weighted by Crippen LogP contribution is -2.39. The van der Waals surface area contributed by atoms with E-state index in [-0.39, 0.29) is 18.1 Å². The molecule has 0 saturated heterocycles. The van der Waals surface area contributed by atoms with Gasteiger partial charge in [0.2, 0.25) is 0 Å². The van der Waals surface area contributed by atoms with Crippen molar-refractivity contribution in [3.05, 3.63) is 50.9 Å². The maximum absolute atomic E-state index is 12.1. The normalized spacial score (nSPS) is 13.9. The van der Waals surface area contributed by atoms with Gasteiger partial charge in [-0.1, -0.05) is 11.6 Å². The lowest BCUT2D eigenvalue weighted by Gasteiger charge is -2.26. The van der Waals surface area contributed by atoms with Crippen LogP contribution in [0.1, 0.15) is 11.3 Å². The van der Waals surface area contributed by atoms with E-state index < -0.39 is 0 Å². The summed E-state index contributed by atoms with van der Waals surface area (Å²) in [6, 6.07) is 6.85. The van der Waals surface area contributed by atoms with Crippen LogP contribution in [0, 0.1) is 0 Å². The van der Waals surface area contributed by atoms with Crippen LogP contribution in [0.15, 0.2) is 29.1 Å². The largest absolute Gasteiger partial charge is 0.484 e. The number of nitrogens with zero attached hydrogens (tertiary/aromatic N) is 1. The number of carbonyl (C=O) groups is 1. The number of aromatic nitrogens is 2. The molecule has 7 heteroatoms. The van der Waals surface area contributed by atoms with Crippen molar-refractivity contribution in [1.82, 2.24) is 15.1 Å². The van der Waals surface area contributed by atoms with Crippen molar-refractivity contribution in [3.8, 4) is 5.75 Å². The van der Waals surface area contributed by atoms with Gasteiger partial charge in [0.1, 0.15) is 5.75 Å². The number of ether oxygens (including phenoxy) is 1. The first-order valence-corrected chi connectivity index (χ1v) is 6.96. The van der Waals surface area contributed by atoms with Gasteiger partial charge in [-0.15, -0.1) is 0 Å². The number of H-pyrrole nitrogens is 2. The Bertz CT molecular complexity index is 705. The highest BCUT2D eigenvalue weighted by atomic mass is 35.5. The van der Waals surface area contributed by atoms with E-state index >= 15 is 0 Å². The quantitative estimate of drug-likeness (QED) is 0.897. The fourth-order valence-corrected chi connectivity index (χ4v) is 2.44. The lowest BCUT2D eigenvalue weighted by molar-refractivity contribution is -0.134. The van der Waals surface area contributed by atoms with Gasteiger partial charge in [-0.2, -0.15) is 0 Å². The van der Waals surface area contributed by atoms with Gasteiger partial charge in [0.25, 0.3) is 11.5 Å². The third kappa shape index (κ3) is 2.95. The summed E-state index contributed by atoms with van der Waals surface area (Å²) in [5.41, 5.74) is 1.40. The van der Waals surface area contributed by atoms with Crippen molar-refractivity contribution >= 4 is 17.5 Å². The molecule has 0 atom stereocenters. The molecule has 6 nitrogen and oxygen atoms in total. The molecule has 0 radical (unpaired) electrons. The Hall–Kier alpha value is -2.21. The Balaban J connectivity index is 1.59. The van der Waals surface area contributed by atoms with Gasteiger partial charge < -0.3 is 14.7 Å². The number of hydrogen-bond acceptors (Lipinski definition) is 3. The fraction of sp³-hybridized carbons (Fsp3) is 0.286. The van der Waals surface area contributed by atoms with Crippen LogP contribution in [0.5, 0.6) is 5.75 Å². The minimum atomic E-state index is -0.113. The van der Waals surface area contributed by atoms with Crippen molar-refractivity contribution in [2.75, 3.05) is 13.2 Å². The van der Waals surface area contributed by atoms with E-state index in [4.69, 9.17) is 16.3 Å². The second kappa shape index (κ2) is 5.65. The predicted octanol–water partition coefficient (Wildman–Crippen LogP) is 1.32. The fourth-order valence-electron chi connectivity index (χ4n) is 2.32. The molecule has 0 aliphatic carbocycles. The molecule has 2 aromatic rings. The lowest BCUT2D eigenvalue weighted by atomic mass is 10.1. The van der Waals surface area contributed by atoms with Gasteiger partial charge in [-0.05, 0) is 30.7 Å². The molecule has 2 heterocycles. The summed E-state index contributed by atoms with van der Waals surface area (Å²) in [5, 5.41) is 5.96. The molecular weight excluding hydrogens is 294 g/mol. The number of carbonyl (C=O) groups excluding carboxylic acids is 1. The monoisotopic (exact) mass is 307 g/mol. The smallest absolute Gasteiger partial charge is 0.267 e. The summed E-state index contributed by atoms with van der Waals surface area (Å²) in [4.78, 5) is 25.2. The van der Waals surface area contributed by atoms with Crippen molar-refractivity contribution in [3.63, 3.8) is 0 Å². The number of benzene rings is 1. The Labute approximate surface area is 125 Å². The molecule has 1 aromatic heterocycles. The van der Waals surface area contributed by atoms with Crippen molar-refractivity contribution < 1.29 is 9.53 Å². The zero-order valence-electron chi connectivity index (χ0n) is 11.2. The van der Waals surface area contributed by atoms with Crippen LogP contribution in [0.3, 0.4) is 0 Å². The van der Waals surface area contributed by atoms with E-state index in [1.807, 2.05) is 0 Å². The SMILES string of the molecule is O=C(COc1ccc(Cl)cc1)N1CCc2c([nH][nH]c2=O)C1. The Morgan fingerprint density at radius 3 is 2.81 bits per heavy atom. The predicted molar refractivity (Wildman–Crippen MR) is 77.5 cm³/mol. The highest BCUT2D eigenvalue weighted by Gasteiger charge is 2.23. The van der Waals surface area contributed by atoms with E-state index in [0.717, 1.165) is 11.3 Å². The van der Waals surface area contributed by atoms with E-state index in [0.29, 0.717) is 30.3 Å². The van der Waals surface area contributed by atoms with Gasteiger partial charge in [0, 0.05) is 17.1 Å². The summed E-state index contributed by atoms with van der Waals surface area (Å²) in [6.07, 6.45) is 0.556. The van der Waals surface area contributed by atoms with Crippen LogP contribution >= 0.6 is 11.6 Å². The Morgan fingerprint density at radius 1 is 1.29 bits per heavy atom. The van der Waals surface area contributed by atoms with Crippen LogP contribution in [-0.4, -0.2) is 34.2 Å². The molecule has 0 bridgehead atoms. The maximum atomic E-state index is 12.1. The van der Waals surface area contributed by atoms with Crippen LogP contribution in [0.2, 0.25) is 5.02 Å². The average Bonchev–Trinajstić information content (AvgIpc) is 2.87. The third-order valence-corrected chi connectivity index (χ3v) is 3.73. The van der Waals surface area contributed by atoms with Gasteiger partial charge in [0.05, 0.1) is 12.2 Å². The van der Waals surface area contributed by atoms with Crippen LogP contribution in [0.25, 0.3) is 0 Å². The summed E-state index contributed by atoms with van der Waals surface area (Å²) in [5.74, 6) is 0.484. The van der Waals surface area contributed by atoms with E-state index in [1.54, 1.807) is 29.2 Å². The summed E-state index contributed by atoms with van der Waals surface area (Å²) in [6.45, 7) is 0.888. The molecule has 1 aliphatic heterocycles. The van der Waals surface area contributed by atoms with Crippen molar-refractivity contribution in [1.29, 1.82) is 0 Å². The molecule has 1 aromatic carbocycles. The van der Waals surface area contributed by atoms with Crippen LogP contribution < -0.4 is 10.3 Å². The Morgan fingerprint density at radius 2 is 2.05 bits per heavy atom. The first kappa shape index (κ1) is 13.8. The topological polar surface area (TPSA) is 78.2 Å². The minimum absolute atomic E-state index is 0.0361. The van der Waals surface area contributed by atoms with Crippen molar-refractivity contribution in [2.45, 2.75) is 13.0 Å². The molecule has 1 amide bonds. The first-order chi connectivity index (χ1) is 10.1. The van der Waals surface area contributed by atoms with E-state index in [2.05, 4.69) is 10.2 Å². The van der Waals surface area contributed by atoms with Gasteiger partial charge in [-0.3, -0.25) is 14.7 Å². The van der Waals surface area contributed by atoms with Gasteiger partial charge in [0.15, 0.2) is 6.61 Å². The second-order valence-corrected chi connectivity index (χ2v) is 5.28. The molecule has 21 heavy (non-hydrogen) atoms. The molecule has 0 saturated carbocycles. The maximum Gasteiger partial charge on any atom is 0.267 e. The molecule has 0 unspecified atom stereocenters. The first-order valence-electron chi connectivity index (χ1n) is 6.58. The van der Waals surface area contributed by atoms with Gasteiger partial charge in [-0.25, -0.2) is 0 Å². The van der Waals surface area contributed by atoms with Gasteiger partial charge >= 0.3 is 0 Å². The number of nitrogens with one attached hydrogen (secondary N) is 2. The summed E-state index contributed by atoms with van der Waals surface area (Å²) in [7, 11) is 0.